The minimum absolute atomic E-state index is 0.0281. The van der Waals surface area contributed by atoms with E-state index < -0.39 is 11.7 Å². The number of amides is 1. The molecule has 0 radical (unpaired) electrons. The second kappa shape index (κ2) is 10.5. The standard InChI is InChI=1S/C25H21ClF3N5OS/c1-15-9-17(16(2)34(15)22-8-4-6-19(26)11-22)13-30-33-23(35)12-21-14-36-24(32-21)31-20-7-3-5-18(10-20)25(27,28)29/h3-11,13-14H,12H2,1-2H3,(H,31,32)(H,33,35)/b30-13-. The molecule has 2 aromatic carbocycles. The van der Waals surface area contributed by atoms with E-state index >= 15 is 0 Å². The number of carbonyl (C=O) groups excluding carboxylic acids is 1. The van der Waals surface area contributed by atoms with Crippen molar-refractivity contribution in [2.24, 2.45) is 5.10 Å². The predicted octanol–water partition coefficient (Wildman–Crippen LogP) is 6.66. The van der Waals surface area contributed by atoms with Crippen molar-refractivity contribution in [1.29, 1.82) is 0 Å². The second-order valence-electron chi connectivity index (χ2n) is 7.96. The number of nitrogens with one attached hydrogen (secondary N) is 2. The zero-order valence-corrected chi connectivity index (χ0v) is 20.8. The average molecular weight is 532 g/mol. The highest BCUT2D eigenvalue weighted by molar-refractivity contribution is 7.13. The number of nitrogens with zero attached hydrogens (tertiary/aromatic N) is 3. The third-order valence-electron chi connectivity index (χ3n) is 5.26. The van der Waals surface area contributed by atoms with Gasteiger partial charge in [-0.25, -0.2) is 10.4 Å². The van der Waals surface area contributed by atoms with Crippen LogP contribution in [0.15, 0.2) is 65.1 Å². The van der Waals surface area contributed by atoms with E-state index in [1.54, 1.807) is 11.6 Å². The summed E-state index contributed by atoms with van der Waals surface area (Å²) in [7, 11) is 0. The van der Waals surface area contributed by atoms with E-state index in [0.717, 1.165) is 34.8 Å². The first-order valence-corrected chi connectivity index (χ1v) is 12.0. The van der Waals surface area contributed by atoms with Crippen LogP contribution < -0.4 is 10.7 Å². The number of hydrazone groups is 1. The molecular weight excluding hydrogens is 511 g/mol. The van der Waals surface area contributed by atoms with Gasteiger partial charge in [0.2, 0.25) is 5.91 Å². The molecule has 6 nitrogen and oxygen atoms in total. The smallest absolute Gasteiger partial charge is 0.332 e. The van der Waals surface area contributed by atoms with Crippen LogP contribution in [0.25, 0.3) is 5.69 Å². The molecule has 0 saturated carbocycles. The molecule has 0 spiro atoms. The highest BCUT2D eigenvalue weighted by Crippen LogP contribution is 2.32. The van der Waals surface area contributed by atoms with Crippen LogP contribution in [0.5, 0.6) is 0 Å². The third-order valence-corrected chi connectivity index (χ3v) is 6.31. The molecule has 0 unspecified atom stereocenters. The number of rotatable bonds is 7. The van der Waals surface area contributed by atoms with E-state index in [1.165, 1.54) is 23.5 Å². The quantitative estimate of drug-likeness (QED) is 0.207. The third kappa shape index (κ3) is 6.13. The summed E-state index contributed by atoms with van der Waals surface area (Å²) < 4.78 is 40.7. The lowest BCUT2D eigenvalue weighted by molar-refractivity contribution is -0.137. The fourth-order valence-electron chi connectivity index (χ4n) is 3.65. The van der Waals surface area contributed by atoms with Crippen molar-refractivity contribution in [1.82, 2.24) is 15.0 Å². The number of alkyl halides is 3. The van der Waals surface area contributed by atoms with Crippen molar-refractivity contribution >= 4 is 45.9 Å². The number of aromatic nitrogens is 2. The van der Waals surface area contributed by atoms with Gasteiger partial charge in [-0.1, -0.05) is 23.7 Å². The number of benzene rings is 2. The Hall–Kier alpha value is -3.63. The minimum atomic E-state index is -4.43. The molecule has 186 valence electrons. The Morgan fingerprint density at radius 2 is 1.94 bits per heavy atom. The molecule has 0 aliphatic heterocycles. The van der Waals surface area contributed by atoms with Gasteiger partial charge in [-0.3, -0.25) is 4.79 Å². The summed E-state index contributed by atoms with van der Waals surface area (Å²) in [5.41, 5.74) is 6.17. The fourth-order valence-corrected chi connectivity index (χ4v) is 4.57. The van der Waals surface area contributed by atoms with E-state index in [-0.39, 0.29) is 18.0 Å². The van der Waals surface area contributed by atoms with Crippen LogP contribution in [0, 0.1) is 13.8 Å². The van der Waals surface area contributed by atoms with Gasteiger partial charge < -0.3 is 9.88 Å². The van der Waals surface area contributed by atoms with E-state index in [2.05, 4.69) is 20.8 Å². The van der Waals surface area contributed by atoms with Gasteiger partial charge in [0.15, 0.2) is 5.13 Å². The Morgan fingerprint density at radius 1 is 1.17 bits per heavy atom. The number of hydrogen-bond donors (Lipinski definition) is 2. The molecule has 0 aliphatic carbocycles. The summed E-state index contributed by atoms with van der Waals surface area (Å²) in [6, 6.07) is 14.3. The van der Waals surface area contributed by atoms with Crippen LogP contribution in [-0.2, 0) is 17.4 Å². The molecule has 0 fully saturated rings. The van der Waals surface area contributed by atoms with Crippen LogP contribution in [0.2, 0.25) is 5.02 Å². The van der Waals surface area contributed by atoms with Gasteiger partial charge in [0.05, 0.1) is 23.9 Å². The lowest BCUT2D eigenvalue weighted by Gasteiger charge is -2.09. The number of carbonyl (C=O) groups is 1. The average Bonchev–Trinajstić information content (AvgIpc) is 3.36. The first-order valence-electron chi connectivity index (χ1n) is 10.8. The molecule has 0 bridgehead atoms. The molecule has 1 amide bonds. The van der Waals surface area contributed by atoms with Crippen LogP contribution >= 0.6 is 22.9 Å². The Balaban J connectivity index is 1.36. The van der Waals surface area contributed by atoms with Gasteiger partial charge in [-0.15, -0.1) is 11.3 Å². The molecular formula is C25H21ClF3N5OS. The summed E-state index contributed by atoms with van der Waals surface area (Å²) in [6.45, 7) is 3.92. The lowest BCUT2D eigenvalue weighted by Crippen LogP contribution is -2.20. The second-order valence-corrected chi connectivity index (χ2v) is 9.25. The maximum Gasteiger partial charge on any atom is 0.416 e. The fraction of sp³-hybridized carbons (Fsp3) is 0.160. The summed E-state index contributed by atoms with van der Waals surface area (Å²) >= 11 is 7.31. The molecule has 0 aliphatic rings. The SMILES string of the molecule is Cc1cc(/C=N\NC(=O)Cc2csc(Nc3cccc(C(F)(F)F)c3)n2)c(C)n1-c1cccc(Cl)c1. The zero-order chi connectivity index (χ0) is 25.9. The number of halogens is 4. The molecule has 4 aromatic rings. The molecule has 4 rings (SSSR count). The van der Waals surface area contributed by atoms with Gasteiger partial charge in [-0.2, -0.15) is 18.3 Å². The summed E-state index contributed by atoms with van der Waals surface area (Å²) in [5, 5.41) is 9.59. The topological polar surface area (TPSA) is 71.3 Å². The number of thiazole rings is 1. The highest BCUT2D eigenvalue weighted by atomic mass is 35.5. The van der Waals surface area contributed by atoms with Gasteiger partial charge in [0.1, 0.15) is 0 Å². The minimum Gasteiger partial charge on any atom is -0.332 e. The van der Waals surface area contributed by atoms with Crippen molar-refractivity contribution in [3.05, 3.63) is 93.2 Å². The molecule has 0 atom stereocenters. The Morgan fingerprint density at radius 3 is 2.69 bits per heavy atom. The van der Waals surface area contributed by atoms with Crippen molar-refractivity contribution in [3.63, 3.8) is 0 Å². The Bertz CT molecular complexity index is 1430. The molecule has 2 N–H and O–H groups in total. The maximum absolute atomic E-state index is 12.9. The molecule has 0 saturated heterocycles. The van der Waals surface area contributed by atoms with E-state index in [9.17, 15) is 18.0 Å². The Kier molecular flexibility index (Phi) is 7.46. The maximum atomic E-state index is 12.9. The highest BCUT2D eigenvalue weighted by Gasteiger charge is 2.30. The van der Waals surface area contributed by atoms with Crippen LogP contribution in [0.1, 0.15) is 28.2 Å². The van der Waals surface area contributed by atoms with Crippen LogP contribution in [0.4, 0.5) is 24.0 Å². The van der Waals surface area contributed by atoms with Gasteiger partial charge >= 0.3 is 6.18 Å². The monoisotopic (exact) mass is 531 g/mol. The number of aryl methyl sites for hydroxylation is 1. The summed E-state index contributed by atoms with van der Waals surface area (Å²) in [4.78, 5) is 16.6. The summed E-state index contributed by atoms with van der Waals surface area (Å²) in [6.07, 6.45) is -2.89. The van der Waals surface area contributed by atoms with Crippen molar-refractivity contribution in [2.45, 2.75) is 26.4 Å². The zero-order valence-electron chi connectivity index (χ0n) is 19.2. The van der Waals surface area contributed by atoms with Crippen molar-refractivity contribution < 1.29 is 18.0 Å². The molecule has 11 heteroatoms. The molecule has 36 heavy (non-hydrogen) atoms. The molecule has 2 heterocycles. The van der Waals surface area contributed by atoms with E-state index in [1.807, 2.05) is 48.7 Å². The molecule has 2 aromatic heterocycles. The van der Waals surface area contributed by atoms with Gasteiger partial charge in [-0.05, 0) is 56.3 Å². The summed E-state index contributed by atoms with van der Waals surface area (Å²) in [5.74, 6) is -0.370. The predicted molar refractivity (Wildman–Crippen MR) is 137 cm³/mol. The first-order chi connectivity index (χ1) is 17.1. The lowest BCUT2D eigenvalue weighted by atomic mass is 10.2. The Labute approximate surface area is 214 Å². The normalized spacial score (nSPS) is 11.7. The van der Waals surface area contributed by atoms with Crippen molar-refractivity contribution in [2.75, 3.05) is 5.32 Å². The van der Waals surface area contributed by atoms with Crippen LogP contribution in [-0.4, -0.2) is 21.7 Å². The largest absolute Gasteiger partial charge is 0.416 e. The van der Waals surface area contributed by atoms with Crippen molar-refractivity contribution in [3.8, 4) is 5.69 Å². The van der Waals surface area contributed by atoms with Crippen LogP contribution in [0.3, 0.4) is 0 Å². The van der Waals surface area contributed by atoms with Gasteiger partial charge in [0.25, 0.3) is 0 Å². The van der Waals surface area contributed by atoms with E-state index in [4.69, 9.17) is 11.6 Å². The number of anilines is 2. The van der Waals surface area contributed by atoms with E-state index in [0.29, 0.717) is 15.8 Å². The van der Waals surface area contributed by atoms with Gasteiger partial charge in [0, 0.05) is 38.7 Å². The number of hydrogen-bond acceptors (Lipinski definition) is 5. The first kappa shape index (κ1) is 25.5.